The summed E-state index contributed by atoms with van der Waals surface area (Å²) in [5.41, 5.74) is 4.99. The van der Waals surface area contributed by atoms with Gasteiger partial charge in [-0.25, -0.2) is 0 Å². The smallest absolute Gasteiger partial charge is 0.221 e. The highest BCUT2D eigenvalue weighted by Crippen LogP contribution is 1.88. The van der Waals surface area contributed by atoms with Gasteiger partial charge in [0.25, 0.3) is 0 Å². The van der Waals surface area contributed by atoms with Crippen molar-refractivity contribution < 1.29 is 9.59 Å². The molecule has 5 nitrogen and oxygen atoms in total. The quantitative estimate of drug-likeness (QED) is 0.497. The first kappa shape index (κ1) is 11.9. The van der Waals surface area contributed by atoms with Crippen LogP contribution in [0, 0.1) is 0 Å². The van der Waals surface area contributed by atoms with E-state index in [4.69, 9.17) is 5.73 Å². The zero-order chi connectivity index (χ0) is 10.3. The minimum Gasteiger partial charge on any atom is -0.370 e. The van der Waals surface area contributed by atoms with Crippen LogP contribution in [0.15, 0.2) is 0 Å². The second kappa shape index (κ2) is 6.42. The maximum atomic E-state index is 10.8. The van der Waals surface area contributed by atoms with Crippen LogP contribution in [0.2, 0.25) is 0 Å². The van der Waals surface area contributed by atoms with Crippen molar-refractivity contribution in [2.75, 3.05) is 13.6 Å². The van der Waals surface area contributed by atoms with E-state index in [1.165, 1.54) is 0 Å². The van der Waals surface area contributed by atoms with Crippen LogP contribution >= 0.6 is 0 Å². The molecule has 0 fully saturated rings. The van der Waals surface area contributed by atoms with E-state index in [0.717, 1.165) is 0 Å². The molecule has 0 aromatic rings. The van der Waals surface area contributed by atoms with Gasteiger partial charge in [0.15, 0.2) is 0 Å². The molecule has 5 heteroatoms. The van der Waals surface area contributed by atoms with Gasteiger partial charge < -0.3 is 16.4 Å². The van der Waals surface area contributed by atoms with Crippen LogP contribution in [0.1, 0.15) is 19.8 Å². The number of primary amides is 1. The molecule has 1 unspecified atom stereocenters. The fraction of sp³-hybridized carbons (Fsp3) is 0.750. The van der Waals surface area contributed by atoms with E-state index in [-0.39, 0.29) is 17.9 Å². The Morgan fingerprint density at radius 2 is 2.08 bits per heavy atom. The van der Waals surface area contributed by atoms with Crippen molar-refractivity contribution >= 4 is 11.8 Å². The van der Waals surface area contributed by atoms with Crippen LogP contribution in [0.4, 0.5) is 0 Å². The molecule has 0 aliphatic carbocycles. The van der Waals surface area contributed by atoms with Gasteiger partial charge >= 0.3 is 0 Å². The summed E-state index contributed by atoms with van der Waals surface area (Å²) >= 11 is 0. The van der Waals surface area contributed by atoms with E-state index < -0.39 is 0 Å². The number of hydrogen-bond acceptors (Lipinski definition) is 3. The number of carbonyl (C=O) groups excluding carboxylic acids is 2. The Labute approximate surface area is 78.1 Å². The van der Waals surface area contributed by atoms with E-state index in [9.17, 15) is 9.59 Å². The lowest BCUT2D eigenvalue weighted by Crippen LogP contribution is -2.33. The van der Waals surface area contributed by atoms with Crippen molar-refractivity contribution in [1.29, 1.82) is 0 Å². The predicted octanol–water partition coefficient (Wildman–Crippen LogP) is -1.02. The highest BCUT2D eigenvalue weighted by molar-refractivity contribution is 5.75. The summed E-state index contributed by atoms with van der Waals surface area (Å²) in [4.78, 5) is 21.2. The lowest BCUT2D eigenvalue weighted by molar-refractivity contribution is -0.120. The Bertz CT molecular complexity index is 182. The number of carbonyl (C=O) groups is 2. The first-order valence-electron chi connectivity index (χ1n) is 4.28. The van der Waals surface area contributed by atoms with E-state index in [1.54, 1.807) is 7.05 Å². The zero-order valence-corrected chi connectivity index (χ0v) is 8.09. The Balaban J connectivity index is 3.42. The maximum Gasteiger partial charge on any atom is 0.221 e. The Morgan fingerprint density at radius 1 is 1.46 bits per heavy atom. The van der Waals surface area contributed by atoms with Crippen molar-refractivity contribution in [2.24, 2.45) is 5.73 Å². The standard InChI is InChI=1S/C8H17N3O2/c1-6(5-7(9)12)11-4-3-8(13)10-2/h6,11H,3-5H2,1-2H3,(H2,9,12)(H,10,13). The van der Waals surface area contributed by atoms with E-state index in [1.807, 2.05) is 6.92 Å². The van der Waals surface area contributed by atoms with E-state index in [0.29, 0.717) is 19.4 Å². The van der Waals surface area contributed by atoms with Gasteiger partial charge in [0.2, 0.25) is 11.8 Å². The third kappa shape index (κ3) is 7.27. The SMILES string of the molecule is CNC(=O)CCNC(C)CC(N)=O. The van der Waals surface area contributed by atoms with Crippen LogP contribution in [-0.2, 0) is 9.59 Å². The van der Waals surface area contributed by atoms with Gasteiger partial charge in [0, 0.05) is 32.5 Å². The molecule has 0 saturated carbocycles. The predicted molar refractivity (Wildman–Crippen MR) is 50.0 cm³/mol. The normalized spacial score (nSPS) is 12.2. The molecule has 13 heavy (non-hydrogen) atoms. The number of rotatable bonds is 6. The molecule has 0 aromatic heterocycles. The zero-order valence-electron chi connectivity index (χ0n) is 8.09. The van der Waals surface area contributed by atoms with Crippen LogP contribution in [0.3, 0.4) is 0 Å². The molecule has 0 bridgehead atoms. The third-order valence-corrected chi connectivity index (χ3v) is 1.63. The molecule has 0 spiro atoms. The number of nitrogens with one attached hydrogen (secondary N) is 2. The lowest BCUT2D eigenvalue weighted by atomic mass is 10.2. The molecule has 76 valence electrons. The van der Waals surface area contributed by atoms with Crippen molar-refractivity contribution in [1.82, 2.24) is 10.6 Å². The summed E-state index contributed by atoms with van der Waals surface area (Å²) in [6.45, 7) is 2.42. The van der Waals surface area contributed by atoms with Crippen molar-refractivity contribution in [3.63, 3.8) is 0 Å². The van der Waals surface area contributed by atoms with Gasteiger partial charge in [-0.15, -0.1) is 0 Å². The second-order valence-corrected chi connectivity index (χ2v) is 2.95. The highest BCUT2D eigenvalue weighted by atomic mass is 16.1. The largest absolute Gasteiger partial charge is 0.370 e. The molecule has 4 N–H and O–H groups in total. The number of hydrogen-bond donors (Lipinski definition) is 3. The summed E-state index contributed by atoms with van der Waals surface area (Å²) in [6, 6.07) is 0.0298. The van der Waals surface area contributed by atoms with Crippen molar-refractivity contribution in [2.45, 2.75) is 25.8 Å². The highest BCUT2D eigenvalue weighted by Gasteiger charge is 2.05. The third-order valence-electron chi connectivity index (χ3n) is 1.63. The summed E-state index contributed by atoms with van der Waals surface area (Å²) in [7, 11) is 1.59. The van der Waals surface area contributed by atoms with Crippen molar-refractivity contribution in [3.8, 4) is 0 Å². The minimum absolute atomic E-state index is 0.0150. The summed E-state index contributed by atoms with van der Waals surface area (Å²) in [6.07, 6.45) is 0.716. The minimum atomic E-state index is -0.333. The van der Waals surface area contributed by atoms with Crippen LogP contribution in [-0.4, -0.2) is 31.4 Å². The molecule has 0 rings (SSSR count). The maximum absolute atomic E-state index is 10.8. The van der Waals surface area contributed by atoms with Gasteiger partial charge in [0.05, 0.1) is 0 Å². The van der Waals surface area contributed by atoms with Gasteiger partial charge in [-0.3, -0.25) is 9.59 Å². The Kier molecular flexibility index (Phi) is 5.88. The van der Waals surface area contributed by atoms with Crippen LogP contribution in [0.5, 0.6) is 0 Å². The Morgan fingerprint density at radius 3 is 2.54 bits per heavy atom. The first-order chi connectivity index (χ1) is 6.06. The second-order valence-electron chi connectivity index (χ2n) is 2.95. The summed E-state index contributed by atoms with van der Waals surface area (Å²) < 4.78 is 0. The van der Waals surface area contributed by atoms with Gasteiger partial charge in [-0.2, -0.15) is 0 Å². The van der Waals surface area contributed by atoms with E-state index in [2.05, 4.69) is 10.6 Å². The molecular weight excluding hydrogens is 170 g/mol. The monoisotopic (exact) mass is 187 g/mol. The van der Waals surface area contributed by atoms with Gasteiger partial charge in [-0.1, -0.05) is 0 Å². The van der Waals surface area contributed by atoms with Crippen LogP contribution in [0.25, 0.3) is 0 Å². The molecule has 2 amide bonds. The summed E-state index contributed by atoms with van der Waals surface area (Å²) in [5, 5.41) is 5.53. The molecule has 0 heterocycles. The fourth-order valence-corrected chi connectivity index (χ4v) is 0.931. The molecule has 0 radical (unpaired) electrons. The van der Waals surface area contributed by atoms with Gasteiger partial charge in [0.1, 0.15) is 0 Å². The molecule has 0 aliphatic heterocycles. The first-order valence-corrected chi connectivity index (χ1v) is 4.28. The van der Waals surface area contributed by atoms with E-state index >= 15 is 0 Å². The molecular formula is C8H17N3O2. The lowest BCUT2D eigenvalue weighted by Gasteiger charge is -2.10. The fourth-order valence-electron chi connectivity index (χ4n) is 0.931. The Hall–Kier alpha value is -1.10. The number of amides is 2. The topological polar surface area (TPSA) is 84.2 Å². The molecule has 0 saturated heterocycles. The molecule has 1 atom stereocenters. The van der Waals surface area contributed by atoms with Crippen LogP contribution < -0.4 is 16.4 Å². The van der Waals surface area contributed by atoms with Crippen molar-refractivity contribution in [3.05, 3.63) is 0 Å². The molecule has 0 aromatic carbocycles. The average Bonchev–Trinajstić information content (AvgIpc) is 2.02. The average molecular weight is 187 g/mol. The van der Waals surface area contributed by atoms with Gasteiger partial charge in [-0.05, 0) is 6.92 Å². The summed E-state index contributed by atoms with van der Waals surface area (Å²) in [5.74, 6) is -0.348. The number of nitrogens with two attached hydrogens (primary N) is 1. The molecule has 0 aliphatic rings.